The van der Waals surface area contributed by atoms with E-state index in [0.29, 0.717) is 35.0 Å². The zero-order valence-corrected chi connectivity index (χ0v) is 14.1. The summed E-state index contributed by atoms with van der Waals surface area (Å²) in [5.74, 6) is 1.09. The van der Waals surface area contributed by atoms with Gasteiger partial charge in [-0.2, -0.15) is 0 Å². The van der Waals surface area contributed by atoms with Crippen LogP contribution >= 0.6 is 0 Å². The Labute approximate surface area is 145 Å². The first kappa shape index (κ1) is 16.6. The van der Waals surface area contributed by atoms with Gasteiger partial charge in [0.25, 0.3) is 5.91 Å². The van der Waals surface area contributed by atoms with Crippen molar-refractivity contribution >= 4 is 12.2 Å². The largest absolute Gasteiger partial charge is 0.441 e. The van der Waals surface area contributed by atoms with Gasteiger partial charge in [0, 0.05) is 30.7 Å². The van der Waals surface area contributed by atoms with Crippen molar-refractivity contribution in [2.24, 2.45) is 0 Å². The number of hydrogen-bond acceptors (Lipinski definition) is 4. The number of carbonyl (C=O) groups excluding carboxylic acids is 2. The Morgan fingerprint density at radius 3 is 2.44 bits per heavy atom. The minimum atomic E-state index is -0.142. The fourth-order valence-corrected chi connectivity index (χ4v) is 2.61. The molecule has 0 bridgehead atoms. The van der Waals surface area contributed by atoms with Gasteiger partial charge in [0.05, 0.1) is 6.54 Å². The van der Waals surface area contributed by atoms with Gasteiger partial charge in [0.2, 0.25) is 0 Å². The van der Waals surface area contributed by atoms with E-state index in [4.69, 9.17) is 4.42 Å². The quantitative estimate of drug-likeness (QED) is 0.667. The molecule has 3 aromatic rings. The second-order valence-corrected chi connectivity index (χ2v) is 5.78. The highest BCUT2D eigenvalue weighted by Crippen LogP contribution is 2.25. The van der Waals surface area contributed by atoms with Gasteiger partial charge >= 0.3 is 0 Å². The summed E-state index contributed by atoms with van der Waals surface area (Å²) in [6.07, 6.45) is 0.752. The molecule has 1 aromatic heterocycles. The zero-order valence-electron chi connectivity index (χ0n) is 14.1. The Balaban J connectivity index is 1.82. The van der Waals surface area contributed by atoms with Crippen LogP contribution in [0.3, 0.4) is 0 Å². The van der Waals surface area contributed by atoms with E-state index in [0.717, 1.165) is 11.8 Å². The molecule has 0 aliphatic rings. The Hall–Kier alpha value is -3.21. The molecule has 0 saturated carbocycles. The Morgan fingerprint density at radius 1 is 1.12 bits per heavy atom. The Bertz CT molecular complexity index is 883. The van der Waals surface area contributed by atoms with Crippen LogP contribution in [-0.4, -0.2) is 29.1 Å². The van der Waals surface area contributed by atoms with Crippen LogP contribution in [-0.2, 0) is 6.54 Å². The van der Waals surface area contributed by atoms with E-state index in [2.05, 4.69) is 4.98 Å². The molecule has 0 aliphatic carbocycles. The summed E-state index contributed by atoms with van der Waals surface area (Å²) in [4.78, 5) is 29.3. The summed E-state index contributed by atoms with van der Waals surface area (Å²) in [5, 5.41) is 0. The van der Waals surface area contributed by atoms with Gasteiger partial charge in [0.15, 0.2) is 11.7 Å². The molecule has 0 unspecified atom stereocenters. The highest BCUT2D eigenvalue weighted by molar-refractivity contribution is 5.94. The van der Waals surface area contributed by atoms with Gasteiger partial charge < -0.3 is 9.32 Å². The average molecular weight is 334 g/mol. The fourth-order valence-electron chi connectivity index (χ4n) is 2.61. The van der Waals surface area contributed by atoms with Crippen molar-refractivity contribution in [3.8, 4) is 11.3 Å². The molecule has 0 spiro atoms. The number of nitrogens with zero attached hydrogens (tertiary/aromatic N) is 2. The van der Waals surface area contributed by atoms with Crippen LogP contribution in [0, 0.1) is 6.92 Å². The molecule has 1 amide bonds. The summed E-state index contributed by atoms with van der Waals surface area (Å²) < 4.78 is 5.73. The van der Waals surface area contributed by atoms with Gasteiger partial charge in [-0.25, -0.2) is 4.98 Å². The van der Waals surface area contributed by atoms with Crippen LogP contribution in [0.4, 0.5) is 0 Å². The first-order valence-electron chi connectivity index (χ1n) is 7.91. The summed E-state index contributed by atoms with van der Waals surface area (Å²) in [5.41, 5.74) is 2.70. The molecule has 5 nitrogen and oxygen atoms in total. The van der Waals surface area contributed by atoms with E-state index in [9.17, 15) is 9.59 Å². The van der Waals surface area contributed by atoms with Crippen molar-refractivity contribution in [2.75, 3.05) is 7.05 Å². The molecule has 1 heterocycles. The number of aromatic nitrogens is 1. The number of aldehydes is 1. The smallest absolute Gasteiger partial charge is 0.253 e. The van der Waals surface area contributed by atoms with Gasteiger partial charge in [-0.1, -0.05) is 42.5 Å². The highest BCUT2D eigenvalue weighted by Gasteiger charge is 2.18. The number of aryl methyl sites for hydroxylation is 1. The van der Waals surface area contributed by atoms with E-state index >= 15 is 0 Å². The Morgan fingerprint density at radius 2 is 1.80 bits per heavy atom. The molecule has 3 rings (SSSR count). The van der Waals surface area contributed by atoms with Crippen LogP contribution in [0.15, 0.2) is 59.0 Å². The monoisotopic (exact) mass is 334 g/mol. The van der Waals surface area contributed by atoms with Gasteiger partial charge in [-0.15, -0.1) is 0 Å². The zero-order chi connectivity index (χ0) is 17.8. The van der Waals surface area contributed by atoms with Crippen molar-refractivity contribution in [2.45, 2.75) is 13.5 Å². The van der Waals surface area contributed by atoms with E-state index in [1.54, 1.807) is 43.1 Å². The number of oxazole rings is 1. The maximum atomic E-state index is 12.6. The average Bonchev–Trinajstić information content (AvgIpc) is 3.02. The third kappa shape index (κ3) is 3.66. The number of amides is 1. The van der Waals surface area contributed by atoms with Crippen LogP contribution in [0.25, 0.3) is 11.3 Å². The standard InChI is InChI=1S/C20H18N2O3/c1-14-21-18(19(25-14)16-6-4-3-5-7-16)12-22(2)20(24)17-10-8-15(13-23)9-11-17/h3-11,13H,12H2,1-2H3. The van der Waals surface area contributed by atoms with E-state index in [1.165, 1.54) is 0 Å². The molecule has 2 aromatic carbocycles. The van der Waals surface area contributed by atoms with Crippen molar-refractivity contribution < 1.29 is 14.0 Å². The number of carbonyl (C=O) groups is 2. The molecule has 0 N–H and O–H groups in total. The van der Waals surface area contributed by atoms with Crippen molar-refractivity contribution in [1.29, 1.82) is 0 Å². The minimum Gasteiger partial charge on any atom is -0.441 e. The number of benzene rings is 2. The third-order valence-electron chi connectivity index (χ3n) is 3.87. The van der Waals surface area contributed by atoms with Gasteiger partial charge in [0.1, 0.15) is 12.0 Å². The van der Waals surface area contributed by atoms with Gasteiger partial charge in [-0.05, 0) is 12.1 Å². The molecule has 25 heavy (non-hydrogen) atoms. The molecule has 126 valence electrons. The van der Waals surface area contributed by atoms with Gasteiger partial charge in [-0.3, -0.25) is 9.59 Å². The Kier molecular flexibility index (Phi) is 4.75. The SMILES string of the molecule is Cc1nc(CN(C)C(=O)c2ccc(C=O)cc2)c(-c2ccccc2)o1. The summed E-state index contributed by atoms with van der Waals surface area (Å²) in [6, 6.07) is 16.2. The van der Waals surface area contributed by atoms with Crippen LogP contribution in [0.5, 0.6) is 0 Å². The molecule has 5 heteroatoms. The lowest BCUT2D eigenvalue weighted by molar-refractivity contribution is 0.0783. The number of hydrogen-bond donors (Lipinski definition) is 0. The molecule has 0 fully saturated rings. The third-order valence-corrected chi connectivity index (χ3v) is 3.87. The molecule has 0 aliphatic heterocycles. The maximum absolute atomic E-state index is 12.6. The summed E-state index contributed by atoms with van der Waals surface area (Å²) >= 11 is 0. The van der Waals surface area contributed by atoms with Crippen LogP contribution in [0.1, 0.15) is 32.3 Å². The molecule has 0 atom stereocenters. The van der Waals surface area contributed by atoms with Crippen LogP contribution in [0.2, 0.25) is 0 Å². The maximum Gasteiger partial charge on any atom is 0.253 e. The second-order valence-electron chi connectivity index (χ2n) is 5.78. The molecule has 0 saturated heterocycles. The van der Waals surface area contributed by atoms with Crippen LogP contribution < -0.4 is 0 Å². The lowest BCUT2D eigenvalue weighted by atomic mass is 10.1. The lowest BCUT2D eigenvalue weighted by Gasteiger charge is -2.16. The lowest BCUT2D eigenvalue weighted by Crippen LogP contribution is -2.26. The van der Waals surface area contributed by atoms with E-state index in [-0.39, 0.29) is 5.91 Å². The fraction of sp³-hybridized carbons (Fsp3) is 0.150. The molecular weight excluding hydrogens is 316 g/mol. The first-order valence-corrected chi connectivity index (χ1v) is 7.91. The topological polar surface area (TPSA) is 63.4 Å². The molecular formula is C20H18N2O3. The first-order chi connectivity index (χ1) is 12.1. The highest BCUT2D eigenvalue weighted by atomic mass is 16.4. The summed E-state index contributed by atoms with van der Waals surface area (Å²) in [7, 11) is 1.72. The molecule has 0 radical (unpaired) electrons. The van der Waals surface area contributed by atoms with Crippen molar-refractivity contribution in [3.63, 3.8) is 0 Å². The predicted octanol–water partition coefficient (Wildman–Crippen LogP) is 3.73. The second kappa shape index (κ2) is 7.13. The normalized spacial score (nSPS) is 10.5. The van der Waals surface area contributed by atoms with E-state index in [1.807, 2.05) is 30.3 Å². The van der Waals surface area contributed by atoms with E-state index < -0.39 is 0 Å². The van der Waals surface area contributed by atoms with Crippen molar-refractivity contribution in [1.82, 2.24) is 9.88 Å². The predicted molar refractivity (Wildman–Crippen MR) is 94.3 cm³/mol. The van der Waals surface area contributed by atoms with Crippen molar-refractivity contribution in [3.05, 3.63) is 77.3 Å². The summed E-state index contributed by atoms with van der Waals surface area (Å²) in [6.45, 7) is 2.12. The minimum absolute atomic E-state index is 0.142. The number of rotatable bonds is 5.